The fraction of sp³-hybridized carbons (Fsp3) is 0.462. The summed E-state index contributed by atoms with van der Waals surface area (Å²) < 4.78 is 25.0. The predicted molar refractivity (Wildman–Crippen MR) is 119 cm³/mol. The van der Waals surface area contributed by atoms with E-state index in [0.717, 1.165) is 22.3 Å². The molecule has 5 heteroatoms. The summed E-state index contributed by atoms with van der Waals surface area (Å²) in [5, 5.41) is 0. The Labute approximate surface area is 183 Å². The number of aryl methyl sites for hydroxylation is 1. The van der Waals surface area contributed by atoms with Gasteiger partial charge in [0.2, 0.25) is 0 Å². The van der Waals surface area contributed by atoms with E-state index >= 15 is 0 Å². The van der Waals surface area contributed by atoms with Crippen LogP contribution in [0.1, 0.15) is 64.5 Å². The second-order valence-electron chi connectivity index (χ2n) is 8.55. The minimum atomic E-state index is -1.00. The molecule has 0 aliphatic carbocycles. The number of hydrogen-bond donors (Lipinski definition) is 0. The van der Waals surface area contributed by atoms with Crippen LogP contribution in [0.5, 0.6) is 5.75 Å². The Bertz CT molecular complexity index is 986. The number of carbonyl (C=O) groups excluding carboxylic acids is 2. The molecule has 1 aliphatic rings. The molecule has 1 aliphatic heterocycles. The Hall–Kier alpha value is -2.53. The molecule has 3 rings (SSSR count). The fourth-order valence-electron chi connectivity index (χ4n) is 4.32. The van der Waals surface area contributed by atoms with Crippen LogP contribution in [0.15, 0.2) is 36.4 Å². The Kier molecular flexibility index (Phi) is 6.38. The summed E-state index contributed by atoms with van der Waals surface area (Å²) in [6.07, 6.45) is 1.66. The van der Waals surface area contributed by atoms with E-state index < -0.39 is 22.9 Å². The molecule has 1 fully saturated rings. The van der Waals surface area contributed by atoms with E-state index in [4.69, 9.17) is 9.47 Å². The smallest absolute Gasteiger partial charge is 0.179 e. The number of ketones is 2. The molecule has 2 aromatic rings. The molecular weight excluding hydrogens is 395 g/mol. The first-order valence-electron chi connectivity index (χ1n) is 10.9. The van der Waals surface area contributed by atoms with Crippen molar-refractivity contribution in [3.05, 3.63) is 53.3 Å². The zero-order valence-corrected chi connectivity index (χ0v) is 19.2. The average molecular weight is 427 g/mol. The summed E-state index contributed by atoms with van der Waals surface area (Å²) in [5.41, 5.74) is 1.34. The summed E-state index contributed by atoms with van der Waals surface area (Å²) in [4.78, 5) is 26.9. The SMILES string of the molecule is CCc1cc(-c2ccc(F)c(OC)c2)ccc1C1C(=O)C(C)(CC)OC(C)(CC)C1=O. The first kappa shape index (κ1) is 23.1. The summed E-state index contributed by atoms with van der Waals surface area (Å²) in [6, 6.07) is 10.4. The van der Waals surface area contributed by atoms with Crippen LogP contribution in [0.3, 0.4) is 0 Å². The van der Waals surface area contributed by atoms with Crippen LogP contribution in [0, 0.1) is 5.82 Å². The topological polar surface area (TPSA) is 52.6 Å². The number of benzene rings is 2. The van der Waals surface area contributed by atoms with E-state index in [1.807, 2.05) is 39.0 Å². The largest absolute Gasteiger partial charge is 0.494 e. The van der Waals surface area contributed by atoms with Crippen LogP contribution in [0.2, 0.25) is 0 Å². The van der Waals surface area contributed by atoms with Crippen LogP contribution >= 0.6 is 0 Å². The van der Waals surface area contributed by atoms with Crippen molar-refractivity contribution in [3.63, 3.8) is 0 Å². The van der Waals surface area contributed by atoms with Gasteiger partial charge < -0.3 is 9.47 Å². The average Bonchev–Trinajstić information content (AvgIpc) is 2.78. The molecule has 0 N–H and O–H groups in total. The second-order valence-corrected chi connectivity index (χ2v) is 8.55. The van der Waals surface area contributed by atoms with Gasteiger partial charge in [-0.3, -0.25) is 9.59 Å². The Morgan fingerprint density at radius 1 is 0.935 bits per heavy atom. The van der Waals surface area contributed by atoms with Gasteiger partial charge in [-0.15, -0.1) is 0 Å². The number of methoxy groups -OCH3 is 1. The van der Waals surface area contributed by atoms with E-state index in [1.54, 1.807) is 26.0 Å². The van der Waals surface area contributed by atoms with Crippen molar-refractivity contribution in [1.29, 1.82) is 0 Å². The van der Waals surface area contributed by atoms with Gasteiger partial charge in [0.1, 0.15) is 17.1 Å². The van der Waals surface area contributed by atoms with Gasteiger partial charge >= 0.3 is 0 Å². The maximum absolute atomic E-state index is 13.8. The first-order valence-corrected chi connectivity index (χ1v) is 10.9. The normalized spacial score (nSPS) is 26.2. The highest BCUT2D eigenvalue weighted by molar-refractivity contribution is 6.15. The number of rotatable bonds is 6. The highest BCUT2D eigenvalue weighted by Crippen LogP contribution is 2.43. The lowest BCUT2D eigenvalue weighted by Crippen LogP contribution is -2.60. The molecule has 4 nitrogen and oxygen atoms in total. The molecule has 166 valence electrons. The van der Waals surface area contributed by atoms with E-state index in [9.17, 15) is 14.0 Å². The van der Waals surface area contributed by atoms with Crippen molar-refractivity contribution in [2.75, 3.05) is 7.11 Å². The van der Waals surface area contributed by atoms with Crippen molar-refractivity contribution in [2.24, 2.45) is 0 Å². The monoisotopic (exact) mass is 426 g/mol. The minimum Gasteiger partial charge on any atom is -0.494 e. The van der Waals surface area contributed by atoms with Gasteiger partial charge in [-0.1, -0.05) is 45.0 Å². The molecular formula is C26H31FO4. The molecule has 2 unspecified atom stereocenters. The number of hydrogen-bond acceptors (Lipinski definition) is 4. The highest BCUT2D eigenvalue weighted by Gasteiger charge is 2.55. The first-order chi connectivity index (χ1) is 14.6. The van der Waals surface area contributed by atoms with Crippen LogP contribution in [0.25, 0.3) is 11.1 Å². The zero-order chi connectivity index (χ0) is 23.0. The molecule has 1 saturated heterocycles. The van der Waals surface area contributed by atoms with Gasteiger partial charge in [-0.05, 0) is 67.5 Å². The van der Waals surface area contributed by atoms with E-state index in [2.05, 4.69) is 0 Å². The standard InChI is InChI=1S/C26H31FO4/c1-7-16-14-17(18-11-13-20(27)21(15-18)30-6)10-12-19(16)22-23(28)25(4,8-2)31-26(5,9-3)24(22)29/h10-15,22H,7-9H2,1-6H3. The number of ether oxygens (including phenoxy) is 2. The van der Waals surface area contributed by atoms with Crippen molar-refractivity contribution >= 4 is 11.6 Å². The van der Waals surface area contributed by atoms with Gasteiger partial charge in [0.25, 0.3) is 0 Å². The number of halogens is 1. The number of carbonyl (C=O) groups is 2. The van der Waals surface area contributed by atoms with Crippen LogP contribution < -0.4 is 4.74 Å². The molecule has 2 aromatic carbocycles. The molecule has 0 saturated carbocycles. The lowest BCUT2D eigenvalue weighted by molar-refractivity contribution is -0.192. The maximum atomic E-state index is 13.8. The van der Waals surface area contributed by atoms with Gasteiger partial charge in [-0.25, -0.2) is 4.39 Å². The van der Waals surface area contributed by atoms with E-state index in [-0.39, 0.29) is 17.3 Å². The molecule has 2 atom stereocenters. The molecule has 0 bridgehead atoms. The summed E-state index contributed by atoms with van der Waals surface area (Å²) in [7, 11) is 1.43. The van der Waals surface area contributed by atoms with Crippen molar-refractivity contribution in [3.8, 4) is 16.9 Å². The van der Waals surface area contributed by atoms with Crippen LogP contribution in [-0.2, 0) is 20.7 Å². The molecule has 0 radical (unpaired) electrons. The Balaban J connectivity index is 2.11. The summed E-state index contributed by atoms with van der Waals surface area (Å²) in [6.45, 7) is 9.39. The third-order valence-corrected chi connectivity index (χ3v) is 6.69. The van der Waals surface area contributed by atoms with Crippen LogP contribution in [0.4, 0.5) is 4.39 Å². The van der Waals surface area contributed by atoms with Crippen molar-refractivity contribution in [2.45, 2.75) is 71.0 Å². The molecule has 31 heavy (non-hydrogen) atoms. The third kappa shape index (κ3) is 3.91. The lowest BCUT2D eigenvalue weighted by Gasteiger charge is -2.45. The predicted octanol–water partition coefficient (Wildman–Crippen LogP) is 5.65. The van der Waals surface area contributed by atoms with Gasteiger partial charge in [0.15, 0.2) is 23.1 Å². The molecule has 0 spiro atoms. The van der Waals surface area contributed by atoms with Gasteiger partial charge in [0, 0.05) is 0 Å². The molecule has 0 aromatic heterocycles. The maximum Gasteiger partial charge on any atom is 0.179 e. The van der Waals surface area contributed by atoms with Crippen molar-refractivity contribution in [1.82, 2.24) is 0 Å². The van der Waals surface area contributed by atoms with Gasteiger partial charge in [-0.2, -0.15) is 0 Å². The Morgan fingerprint density at radius 2 is 1.48 bits per heavy atom. The third-order valence-electron chi connectivity index (χ3n) is 6.69. The van der Waals surface area contributed by atoms with E-state index in [1.165, 1.54) is 13.2 Å². The number of Topliss-reactive ketones (excluding diaryl/α,β-unsaturated/α-hetero) is 2. The van der Waals surface area contributed by atoms with Gasteiger partial charge in [0.05, 0.1) is 7.11 Å². The second kappa shape index (κ2) is 8.54. The molecule has 1 heterocycles. The Morgan fingerprint density at radius 3 is 2.00 bits per heavy atom. The van der Waals surface area contributed by atoms with Crippen molar-refractivity contribution < 1.29 is 23.5 Å². The zero-order valence-electron chi connectivity index (χ0n) is 19.2. The highest BCUT2D eigenvalue weighted by atomic mass is 19.1. The van der Waals surface area contributed by atoms with E-state index in [0.29, 0.717) is 19.3 Å². The molecule has 0 amide bonds. The minimum absolute atomic E-state index is 0.173. The van der Waals surface area contributed by atoms with Crippen LogP contribution in [-0.4, -0.2) is 29.9 Å². The summed E-state index contributed by atoms with van der Waals surface area (Å²) >= 11 is 0. The lowest BCUT2D eigenvalue weighted by atomic mass is 9.71. The fourth-order valence-corrected chi connectivity index (χ4v) is 4.32. The summed E-state index contributed by atoms with van der Waals surface area (Å²) in [5.74, 6) is -1.47. The quantitative estimate of drug-likeness (QED) is 0.560.